The number of hydrogen-bond donors (Lipinski definition) is 1. The van der Waals surface area contributed by atoms with E-state index in [-0.39, 0.29) is 5.75 Å². The Labute approximate surface area is 108 Å². The van der Waals surface area contributed by atoms with Gasteiger partial charge in [0, 0.05) is 19.1 Å². The maximum absolute atomic E-state index is 11.8. The molecule has 6 nitrogen and oxygen atoms in total. The van der Waals surface area contributed by atoms with Crippen molar-refractivity contribution < 1.29 is 23.1 Å². The molecule has 0 amide bonds. The number of morpholine rings is 1. The van der Waals surface area contributed by atoms with E-state index < -0.39 is 27.2 Å². The van der Waals surface area contributed by atoms with Crippen molar-refractivity contribution >= 4 is 15.8 Å². The van der Waals surface area contributed by atoms with Gasteiger partial charge in [0.25, 0.3) is 0 Å². The highest BCUT2D eigenvalue weighted by Crippen LogP contribution is 2.13. The monoisotopic (exact) mass is 279 g/mol. The SMILES string of the molecule is CC(C)N1CCOC(CS(=O)(=O)C(C)C(=O)O)C1. The molecule has 0 aromatic rings. The zero-order chi connectivity index (χ0) is 13.9. The van der Waals surface area contributed by atoms with Crippen LogP contribution < -0.4 is 0 Å². The largest absolute Gasteiger partial charge is 0.480 e. The highest BCUT2D eigenvalue weighted by atomic mass is 32.2. The summed E-state index contributed by atoms with van der Waals surface area (Å²) in [6, 6.07) is 0.330. The van der Waals surface area contributed by atoms with E-state index >= 15 is 0 Å². The summed E-state index contributed by atoms with van der Waals surface area (Å²) in [5.74, 6) is -1.55. The second-order valence-electron chi connectivity index (χ2n) is 4.89. The number of carboxylic acid groups (broad SMARTS) is 1. The summed E-state index contributed by atoms with van der Waals surface area (Å²) in [6.45, 7) is 7.07. The molecule has 0 aromatic carbocycles. The first kappa shape index (κ1) is 15.4. The van der Waals surface area contributed by atoms with Gasteiger partial charge in [0.1, 0.15) is 0 Å². The van der Waals surface area contributed by atoms with E-state index in [1.165, 1.54) is 6.92 Å². The van der Waals surface area contributed by atoms with Crippen LogP contribution in [0, 0.1) is 0 Å². The summed E-state index contributed by atoms with van der Waals surface area (Å²) in [5, 5.41) is 7.38. The minimum absolute atomic E-state index is 0.232. The predicted octanol–water partition coefficient (Wildman–Crippen LogP) is -0.0165. The van der Waals surface area contributed by atoms with E-state index in [0.29, 0.717) is 19.2 Å². The van der Waals surface area contributed by atoms with Crippen LogP contribution in [-0.2, 0) is 19.4 Å². The Bertz CT molecular complexity index is 392. The zero-order valence-corrected chi connectivity index (χ0v) is 11.8. The van der Waals surface area contributed by atoms with Crippen molar-refractivity contribution in [2.24, 2.45) is 0 Å². The molecule has 2 atom stereocenters. The van der Waals surface area contributed by atoms with Crippen molar-refractivity contribution in [3.8, 4) is 0 Å². The lowest BCUT2D eigenvalue weighted by atomic mass is 10.2. The first-order valence-electron chi connectivity index (χ1n) is 6.04. The number of nitrogens with zero attached hydrogens (tertiary/aromatic N) is 1. The predicted molar refractivity (Wildman–Crippen MR) is 67.3 cm³/mol. The van der Waals surface area contributed by atoms with Crippen molar-refractivity contribution in [2.75, 3.05) is 25.4 Å². The van der Waals surface area contributed by atoms with Crippen LogP contribution in [0.15, 0.2) is 0 Å². The van der Waals surface area contributed by atoms with Crippen LogP contribution >= 0.6 is 0 Å². The normalized spacial score (nSPS) is 24.1. The fourth-order valence-corrected chi connectivity index (χ4v) is 3.18. The highest BCUT2D eigenvalue weighted by molar-refractivity contribution is 7.92. The smallest absolute Gasteiger partial charge is 0.321 e. The Morgan fingerprint density at radius 3 is 2.56 bits per heavy atom. The molecule has 0 aliphatic carbocycles. The number of rotatable bonds is 5. The third kappa shape index (κ3) is 3.93. The zero-order valence-electron chi connectivity index (χ0n) is 11.0. The molecule has 1 saturated heterocycles. The van der Waals surface area contributed by atoms with Crippen LogP contribution in [0.1, 0.15) is 20.8 Å². The van der Waals surface area contributed by atoms with Gasteiger partial charge in [-0.1, -0.05) is 0 Å². The fourth-order valence-electron chi connectivity index (χ4n) is 1.87. The molecular formula is C11H21NO5S. The van der Waals surface area contributed by atoms with Crippen LogP contribution in [-0.4, -0.2) is 67.2 Å². The van der Waals surface area contributed by atoms with Crippen molar-refractivity contribution in [1.29, 1.82) is 0 Å². The molecule has 0 aromatic heterocycles. The quantitative estimate of drug-likeness (QED) is 0.761. The summed E-state index contributed by atoms with van der Waals surface area (Å²) in [4.78, 5) is 12.9. The highest BCUT2D eigenvalue weighted by Gasteiger charge is 2.33. The second-order valence-corrected chi connectivity index (χ2v) is 7.26. The van der Waals surface area contributed by atoms with Gasteiger partial charge < -0.3 is 9.84 Å². The number of carboxylic acids is 1. The van der Waals surface area contributed by atoms with Gasteiger partial charge in [-0.3, -0.25) is 9.69 Å². The van der Waals surface area contributed by atoms with E-state index in [0.717, 1.165) is 6.54 Å². The molecule has 0 saturated carbocycles. The van der Waals surface area contributed by atoms with Crippen LogP contribution in [0.25, 0.3) is 0 Å². The maximum atomic E-state index is 11.8. The van der Waals surface area contributed by atoms with Crippen LogP contribution in [0.5, 0.6) is 0 Å². The van der Waals surface area contributed by atoms with Gasteiger partial charge in [0.15, 0.2) is 15.1 Å². The van der Waals surface area contributed by atoms with Gasteiger partial charge in [-0.05, 0) is 20.8 Å². The van der Waals surface area contributed by atoms with E-state index in [1.807, 2.05) is 13.8 Å². The molecule has 18 heavy (non-hydrogen) atoms. The summed E-state index contributed by atoms with van der Waals surface area (Å²) in [5.41, 5.74) is 0. The molecule has 0 spiro atoms. The molecule has 2 unspecified atom stereocenters. The van der Waals surface area contributed by atoms with Crippen LogP contribution in [0.2, 0.25) is 0 Å². The van der Waals surface area contributed by atoms with Crippen molar-refractivity contribution in [1.82, 2.24) is 4.90 Å². The van der Waals surface area contributed by atoms with Gasteiger partial charge >= 0.3 is 5.97 Å². The minimum Gasteiger partial charge on any atom is -0.480 e. The van der Waals surface area contributed by atoms with Crippen LogP contribution in [0.3, 0.4) is 0 Å². The van der Waals surface area contributed by atoms with Gasteiger partial charge in [0.05, 0.1) is 18.5 Å². The third-order valence-electron chi connectivity index (χ3n) is 3.21. The van der Waals surface area contributed by atoms with Crippen molar-refractivity contribution in [3.63, 3.8) is 0 Å². The van der Waals surface area contributed by atoms with E-state index in [4.69, 9.17) is 9.84 Å². The number of aliphatic carboxylic acids is 1. The number of sulfone groups is 1. The van der Waals surface area contributed by atoms with Crippen molar-refractivity contribution in [3.05, 3.63) is 0 Å². The second kappa shape index (κ2) is 5.99. The summed E-state index contributed by atoms with van der Waals surface area (Å²) in [6.07, 6.45) is -0.437. The molecule has 106 valence electrons. The Hall–Kier alpha value is -0.660. The Morgan fingerprint density at radius 1 is 1.44 bits per heavy atom. The van der Waals surface area contributed by atoms with Gasteiger partial charge in [0.2, 0.25) is 0 Å². The molecule has 1 fully saturated rings. The van der Waals surface area contributed by atoms with E-state index in [9.17, 15) is 13.2 Å². The number of ether oxygens (including phenoxy) is 1. The lowest BCUT2D eigenvalue weighted by Crippen LogP contribution is -2.49. The molecular weight excluding hydrogens is 258 g/mol. The summed E-state index contributed by atoms with van der Waals surface area (Å²) < 4.78 is 29.1. The number of hydrogen-bond acceptors (Lipinski definition) is 5. The maximum Gasteiger partial charge on any atom is 0.321 e. The van der Waals surface area contributed by atoms with E-state index in [1.54, 1.807) is 0 Å². The van der Waals surface area contributed by atoms with Crippen LogP contribution in [0.4, 0.5) is 0 Å². The molecule has 7 heteroatoms. The average molecular weight is 279 g/mol. The fraction of sp³-hybridized carbons (Fsp3) is 0.909. The summed E-state index contributed by atoms with van der Waals surface area (Å²) >= 11 is 0. The molecule has 1 rings (SSSR count). The van der Waals surface area contributed by atoms with Gasteiger partial charge in [-0.2, -0.15) is 0 Å². The standard InChI is InChI=1S/C11H21NO5S/c1-8(2)12-4-5-17-10(6-12)7-18(15,16)9(3)11(13)14/h8-10H,4-7H2,1-3H3,(H,13,14). The van der Waals surface area contributed by atoms with Gasteiger partial charge in [-0.25, -0.2) is 8.42 Å². The lowest BCUT2D eigenvalue weighted by molar-refractivity contribution is -0.136. The van der Waals surface area contributed by atoms with Crippen molar-refractivity contribution in [2.45, 2.75) is 38.2 Å². The molecule has 1 N–H and O–H groups in total. The Morgan fingerprint density at radius 2 is 2.06 bits per heavy atom. The molecule has 1 aliphatic rings. The molecule has 0 radical (unpaired) electrons. The average Bonchev–Trinajstić information content (AvgIpc) is 2.27. The Balaban J connectivity index is 2.64. The topological polar surface area (TPSA) is 83.9 Å². The third-order valence-corrected chi connectivity index (χ3v) is 5.32. The molecule has 0 bridgehead atoms. The minimum atomic E-state index is -3.66. The first-order chi connectivity index (χ1) is 8.24. The lowest BCUT2D eigenvalue weighted by Gasteiger charge is -2.35. The van der Waals surface area contributed by atoms with E-state index in [2.05, 4.69) is 4.90 Å². The Kier molecular flexibility index (Phi) is 5.12. The molecule has 1 heterocycles. The summed E-state index contributed by atoms with van der Waals surface area (Å²) in [7, 11) is -3.66. The van der Waals surface area contributed by atoms with Gasteiger partial charge in [-0.15, -0.1) is 0 Å². The first-order valence-corrected chi connectivity index (χ1v) is 7.75. The number of carbonyl (C=O) groups is 1. The molecule has 1 aliphatic heterocycles.